The first-order valence-corrected chi connectivity index (χ1v) is 7.97. The van der Waals surface area contributed by atoms with Crippen molar-refractivity contribution in [2.75, 3.05) is 11.9 Å². The number of nitrogens with two attached hydrogens (primary N) is 1. The zero-order valence-electron chi connectivity index (χ0n) is 13.3. The average molecular weight is 311 g/mol. The molecule has 0 amide bonds. The van der Waals surface area contributed by atoms with E-state index in [1.54, 1.807) is 0 Å². The molecule has 3 nitrogen and oxygen atoms in total. The molecule has 0 heterocycles. The highest BCUT2D eigenvalue weighted by Crippen LogP contribution is 2.44. The van der Waals surface area contributed by atoms with Crippen LogP contribution in [0.1, 0.15) is 30.4 Å². The minimum Gasteiger partial charge on any atom is -0.370 e. The molecular formula is C19H22FN3. The lowest BCUT2D eigenvalue weighted by Crippen LogP contribution is -2.38. The van der Waals surface area contributed by atoms with Crippen molar-refractivity contribution in [2.45, 2.75) is 31.6 Å². The number of aryl methyl sites for hydroxylation is 1. The first kappa shape index (κ1) is 15.5. The fourth-order valence-electron chi connectivity index (χ4n) is 3.09. The largest absolute Gasteiger partial charge is 0.370 e. The van der Waals surface area contributed by atoms with Gasteiger partial charge in [0, 0.05) is 11.1 Å². The van der Waals surface area contributed by atoms with Gasteiger partial charge in [-0.05, 0) is 55.2 Å². The Kier molecular flexibility index (Phi) is 4.33. The van der Waals surface area contributed by atoms with Crippen LogP contribution in [0.5, 0.6) is 0 Å². The maximum atomic E-state index is 13.1. The molecule has 1 aliphatic carbocycles. The Balaban J connectivity index is 1.70. The Morgan fingerprint density at radius 1 is 1.22 bits per heavy atom. The number of nitrogens with one attached hydrogen (secondary N) is 1. The molecule has 1 saturated carbocycles. The number of anilines is 1. The molecular weight excluding hydrogens is 289 g/mol. The number of hydrogen-bond donors (Lipinski definition) is 2. The summed E-state index contributed by atoms with van der Waals surface area (Å²) >= 11 is 0. The number of rotatable bonds is 4. The van der Waals surface area contributed by atoms with E-state index in [0.29, 0.717) is 12.5 Å². The van der Waals surface area contributed by atoms with E-state index in [2.05, 4.69) is 10.3 Å². The third-order valence-electron chi connectivity index (χ3n) is 4.61. The average Bonchev–Trinajstić information content (AvgIpc) is 2.48. The van der Waals surface area contributed by atoms with Gasteiger partial charge in [-0.25, -0.2) is 4.39 Å². The van der Waals surface area contributed by atoms with E-state index in [9.17, 15) is 4.39 Å². The van der Waals surface area contributed by atoms with Crippen molar-refractivity contribution in [1.29, 1.82) is 0 Å². The second-order valence-electron chi connectivity index (χ2n) is 6.34. The summed E-state index contributed by atoms with van der Waals surface area (Å²) in [5.41, 5.74) is 9.29. The molecule has 2 aromatic carbocycles. The molecule has 23 heavy (non-hydrogen) atoms. The smallest absolute Gasteiger partial charge is 0.193 e. The van der Waals surface area contributed by atoms with Crippen molar-refractivity contribution in [3.63, 3.8) is 0 Å². The standard InChI is InChI=1S/C19H22FN3/c1-14-4-2-5-17(12-14)23-18(21)22-13-19(10-3-11-19)15-6-8-16(20)9-7-15/h2,4-9,12H,3,10-11,13H2,1H3,(H3,21,22,23). The van der Waals surface area contributed by atoms with Crippen LogP contribution < -0.4 is 11.1 Å². The lowest BCUT2D eigenvalue weighted by Gasteiger charge is -2.41. The van der Waals surface area contributed by atoms with Gasteiger partial charge in [-0.2, -0.15) is 0 Å². The summed E-state index contributed by atoms with van der Waals surface area (Å²) in [7, 11) is 0. The number of halogens is 1. The first-order valence-electron chi connectivity index (χ1n) is 7.97. The third kappa shape index (κ3) is 3.52. The molecule has 0 unspecified atom stereocenters. The molecule has 0 bridgehead atoms. The Morgan fingerprint density at radius 2 is 1.96 bits per heavy atom. The van der Waals surface area contributed by atoms with Crippen LogP contribution in [0.15, 0.2) is 53.5 Å². The molecule has 120 valence electrons. The predicted molar refractivity (Wildman–Crippen MR) is 93.2 cm³/mol. The number of hydrogen-bond acceptors (Lipinski definition) is 1. The van der Waals surface area contributed by atoms with Gasteiger partial charge in [-0.3, -0.25) is 4.99 Å². The van der Waals surface area contributed by atoms with Crippen molar-refractivity contribution in [2.24, 2.45) is 10.7 Å². The second-order valence-corrected chi connectivity index (χ2v) is 6.34. The van der Waals surface area contributed by atoms with Crippen LogP contribution in [-0.4, -0.2) is 12.5 Å². The summed E-state index contributed by atoms with van der Waals surface area (Å²) in [6.45, 7) is 2.67. The van der Waals surface area contributed by atoms with E-state index in [4.69, 9.17) is 5.73 Å². The van der Waals surface area contributed by atoms with Crippen molar-refractivity contribution < 1.29 is 4.39 Å². The molecule has 0 aliphatic heterocycles. The van der Waals surface area contributed by atoms with Gasteiger partial charge in [-0.1, -0.05) is 30.7 Å². The topological polar surface area (TPSA) is 50.4 Å². The SMILES string of the molecule is Cc1cccc(NC(N)=NCC2(c3ccc(F)cc3)CCC2)c1. The van der Waals surface area contributed by atoms with E-state index in [1.807, 2.05) is 43.3 Å². The highest BCUT2D eigenvalue weighted by molar-refractivity contribution is 5.92. The lowest BCUT2D eigenvalue weighted by atomic mass is 9.64. The number of guanidine groups is 1. The molecule has 0 saturated heterocycles. The van der Waals surface area contributed by atoms with Crippen LogP contribution in [0, 0.1) is 12.7 Å². The van der Waals surface area contributed by atoms with Gasteiger partial charge in [-0.15, -0.1) is 0 Å². The number of benzene rings is 2. The molecule has 0 radical (unpaired) electrons. The Labute approximate surface area is 136 Å². The van der Waals surface area contributed by atoms with Crippen LogP contribution in [0.4, 0.5) is 10.1 Å². The van der Waals surface area contributed by atoms with E-state index in [1.165, 1.54) is 24.1 Å². The summed E-state index contributed by atoms with van der Waals surface area (Å²) in [6, 6.07) is 14.8. The monoisotopic (exact) mass is 311 g/mol. The minimum atomic E-state index is -0.202. The summed E-state index contributed by atoms with van der Waals surface area (Å²) in [4.78, 5) is 4.53. The molecule has 3 N–H and O–H groups in total. The Hall–Kier alpha value is -2.36. The summed E-state index contributed by atoms with van der Waals surface area (Å²) in [5.74, 6) is 0.219. The maximum Gasteiger partial charge on any atom is 0.193 e. The number of nitrogens with zero attached hydrogens (tertiary/aromatic N) is 1. The van der Waals surface area contributed by atoms with Crippen molar-refractivity contribution in [3.8, 4) is 0 Å². The van der Waals surface area contributed by atoms with Crippen LogP contribution in [0.25, 0.3) is 0 Å². The quantitative estimate of drug-likeness (QED) is 0.663. The van der Waals surface area contributed by atoms with Crippen molar-refractivity contribution >= 4 is 11.6 Å². The molecule has 0 aromatic heterocycles. The molecule has 2 aromatic rings. The fraction of sp³-hybridized carbons (Fsp3) is 0.316. The van der Waals surface area contributed by atoms with E-state index >= 15 is 0 Å². The highest BCUT2D eigenvalue weighted by Gasteiger charge is 2.38. The predicted octanol–water partition coefficient (Wildman–Crippen LogP) is 3.98. The second kappa shape index (κ2) is 6.41. The summed E-state index contributed by atoms with van der Waals surface area (Å²) < 4.78 is 13.1. The lowest BCUT2D eigenvalue weighted by molar-refractivity contribution is 0.253. The summed E-state index contributed by atoms with van der Waals surface area (Å²) in [6.07, 6.45) is 3.32. The Bertz CT molecular complexity index is 703. The van der Waals surface area contributed by atoms with Crippen LogP contribution >= 0.6 is 0 Å². The zero-order chi connectivity index (χ0) is 16.3. The minimum absolute atomic E-state index is 0.00655. The van der Waals surface area contributed by atoms with Crippen LogP contribution in [0.3, 0.4) is 0 Å². The molecule has 1 fully saturated rings. The highest BCUT2D eigenvalue weighted by atomic mass is 19.1. The molecule has 0 spiro atoms. The molecule has 0 atom stereocenters. The third-order valence-corrected chi connectivity index (χ3v) is 4.61. The van der Waals surface area contributed by atoms with Crippen LogP contribution in [-0.2, 0) is 5.41 Å². The van der Waals surface area contributed by atoms with E-state index < -0.39 is 0 Å². The summed E-state index contributed by atoms with van der Waals surface area (Å²) in [5, 5.41) is 3.13. The van der Waals surface area contributed by atoms with Gasteiger partial charge >= 0.3 is 0 Å². The van der Waals surface area contributed by atoms with Crippen LogP contribution in [0.2, 0.25) is 0 Å². The first-order chi connectivity index (χ1) is 11.1. The number of aliphatic imine (C=N–C) groups is 1. The zero-order valence-corrected chi connectivity index (χ0v) is 13.3. The van der Waals surface area contributed by atoms with Gasteiger partial charge in [0.1, 0.15) is 5.82 Å². The van der Waals surface area contributed by atoms with Gasteiger partial charge in [0.15, 0.2) is 5.96 Å². The Morgan fingerprint density at radius 3 is 2.57 bits per heavy atom. The van der Waals surface area contributed by atoms with E-state index in [-0.39, 0.29) is 11.2 Å². The van der Waals surface area contributed by atoms with Crippen molar-refractivity contribution in [1.82, 2.24) is 0 Å². The fourth-order valence-corrected chi connectivity index (χ4v) is 3.09. The van der Waals surface area contributed by atoms with Gasteiger partial charge in [0.25, 0.3) is 0 Å². The molecule has 4 heteroatoms. The van der Waals surface area contributed by atoms with Gasteiger partial charge < -0.3 is 11.1 Å². The van der Waals surface area contributed by atoms with E-state index in [0.717, 1.165) is 24.1 Å². The molecule has 1 aliphatic rings. The van der Waals surface area contributed by atoms with Gasteiger partial charge in [0.2, 0.25) is 0 Å². The van der Waals surface area contributed by atoms with Crippen molar-refractivity contribution in [3.05, 3.63) is 65.5 Å². The van der Waals surface area contributed by atoms with Gasteiger partial charge in [0.05, 0.1) is 6.54 Å². The normalized spacial score (nSPS) is 16.7. The molecule has 3 rings (SSSR count). The maximum absolute atomic E-state index is 13.1.